The number of benzene rings is 1. The minimum Gasteiger partial charge on any atom is -0.396 e. The number of sulfonamides is 1. The molecule has 0 radical (unpaired) electrons. The minimum absolute atomic E-state index is 0.107. The standard InChI is InChI=1S/C12H13N3O2S/c13-11-7-4-8-14-12(11)15-18(16,17)9-10-5-2-1-3-6-10/h1-8H,9,13H2,(H,14,15). The molecule has 0 saturated carbocycles. The first-order valence-corrected chi connectivity index (χ1v) is 6.97. The summed E-state index contributed by atoms with van der Waals surface area (Å²) in [5.41, 5.74) is 6.64. The summed E-state index contributed by atoms with van der Waals surface area (Å²) in [6.07, 6.45) is 1.48. The molecule has 3 N–H and O–H groups in total. The molecule has 0 bridgehead atoms. The van der Waals surface area contributed by atoms with E-state index in [4.69, 9.17) is 5.73 Å². The maximum atomic E-state index is 11.9. The van der Waals surface area contributed by atoms with Crippen molar-refractivity contribution in [2.45, 2.75) is 5.75 Å². The van der Waals surface area contributed by atoms with Gasteiger partial charge < -0.3 is 5.73 Å². The summed E-state index contributed by atoms with van der Waals surface area (Å²) in [6, 6.07) is 12.2. The van der Waals surface area contributed by atoms with Gasteiger partial charge in [-0.1, -0.05) is 30.3 Å². The predicted octanol–water partition coefficient (Wildman–Crippen LogP) is 1.61. The fourth-order valence-electron chi connectivity index (χ4n) is 1.48. The van der Waals surface area contributed by atoms with Crippen LogP contribution in [0.5, 0.6) is 0 Å². The predicted molar refractivity (Wildman–Crippen MR) is 71.3 cm³/mol. The lowest BCUT2D eigenvalue weighted by molar-refractivity contribution is 0.600. The fourth-order valence-corrected chi connectivity index (χ4v) is 2.65. The molecule has 0 fully saturated rings. The molecule has 0 atom stereocenters. The van der Waals surface area contributed by atoms with E-state index in [0.717, 1.165) is 0 Å². The summed E-state index contributed by atoms with van der Waals surface area (Å²) < 4.78 is 26.2. The molecule has 0 amide bonds. The number of anilines is 2. The molecule has 2 aromatic rings. The van der Waals surface area contributed by atoms with Crippen molar-refractivity contribution in [2.75, 3.05) is 10.5 Å². The lowest BCUT2D eigenvalue weighted by Gasteiger charge is -2.08. The molecule has 1 heterocycles. The average molecular weight is 263 g/mol. The quantitative estimate of drug-likeness (QED) is 0.877. The Morgan fingerprint density at radius 1 is 1.11 bits per heavy atom. The van der Waals surface area contributed by atoms with E-state index in [9.17, 15) is 8.42 Å². The molecule has 5 nitrogen and oxygen atoms in total. The summed E-state index contributed by atoms with van der Waals surface area (Å²) in [4.78, 5) is 3.89. The van der Waals surface area contributed by atoms with E-state index in [2.05, 4.69) is 9.71 Å². The molecule has 0 saturated heterocycles. The monoisotopic (exact) mass is 263 g/mol. The zero-order valence-electron chi connectivity index (χ0n) is 9.58. The van der Waals surface area contributed by atoms with Crippen molar-refractivity contribution in [3.05, 3.63) is 54.2 Å². The highest BCUT2D eigenvalue weighted by molar-refractivity contribution is 7.91. The van der Waals surface area contributed by atoms with E-state index in [1.165, 1.54) is 6.20 Å². The number of hydrogen-bond acceptors (Lipinski definition) is 4. The molecular formula is C12H13N3O2S. The normalized spacial score (nSPS) is 11.1. The molecule has 2 rings (SSSR count). The van der Waals surface area contributed by atoms with Crippen LogP contribution < -0.4 is 10.5 Å². The number of nitrogens with one attached hydrogen (secondary N) is 1. The van der Waals surface area contributed by atoms with Crippen LogP contribution in [0.15, 0.2) is 48.7 Å². The molecule has 6 heteroatoms. The van der Waals surface area contributed by atoms with Crippen molar-refractivity contribution in [3.8, 4) is 0 Å². The number of rotatable bonds is 4. The Hall–Kier alpha value is -2.08. The van der Waals surface area contributed by atoms with Gasteiger partial charge in [-0.25, -0.2) is 13.4 Å². The van der Waals surface area contributed by atoms with Crippen LogP contribution in [-0.2, 0) is 15.8 Å². The van der Waals surface area contributed by atoms with Crippen LogP contribution in [-0.4, -0.2) is 13.4 Å². The Morgan fingerprint density at radius 3 is 2.50 bits per heavy atom. The van der Waals surface area contributed by atoms with Gasteiger partial charge in [0.1, 0.15) is 0 Å². The molecule has 0 aliphatic rings. The first kappa shape index (κ1) is 12.4. The maximum absolute atomic E-state index is 11.9. The lowest BCUT2D eigenvalue weighted by Crippen LogP contribution is -2.16. The van der Waals surface area contributed by atoms with Gasteiger partial charge in [0.15, 0.2) is 5.82 Å². The third-order valence-electron chi connectivity index (χ3n) is 2.29. The summed E-state index contributed by atoms with van der Waals surface area (Å²) >= 11 is 0. The molecule has 0 aliphatic carbocycles. The maximum Gasteiger partial charge on any atom is 0.238 e. The molecule has 0 unspecified atom stereocenters. The number of nitrogens with two attached hydrogens (primary N) is 1. The Bertz CT molecular complexity index is 627. The largest absolute Gasteiger partial charge is 0.396 e. The summed E-state index contributed by atoms with van der Waals surface area (Å²) in [6.45, 7) is 0. The summed E-state index contributed by atoms with van der Waals surface area (Å²) in [5.74, 6) is 0.0533. The van der Waals surface area contributed by atoms with E-state index >= 15 is 0 Å². The van der Waals surface area contributed by atoms with Gasteiger partial charge in [0.25, 0.3) is 0 Å². The van der Waals surface area contributed by atoms with Crippen molar-refractivity contribution in [1.29, 1.82) is 0 Å². The molecule has 0 spiro atoms. The molecular weight excluding hydrogens is 250 g/mol. The number of hydrogen-bond donors (Lipinski definition) is 2. The molecule has 94 valence electrons. The van der Waals surface area contributed by atoms with E-state index < -0.39 is 10.0 Å². The Labute approximate surface area is 106 Å². The van der Waals surface area contributed by atoms with Crippen LogP contribution in [0.1, 0.15) is 5.56 Å². The Kier molecular flexibility index (Phi) is 3.47. The van der Waals surface area contributed by atoms with Crippen LogP contribution >= 0.6 is 0 Å². The summed E-state index contributed by atoms with van der Waals surface area (Å²) in [7, 11) is -3.50. The zero-order valence-corrected chi connectivity index (χ0v) is 10.4. The van der Waals surface area contributed by atoms with E-state index in [-0.39, 0.29) is 11.6 Å². The van der Waals surface area contributed by atoms with Gasteiger partial charge in [0.05, 0.1) is 11.4 Å². The second-order valence-electron chi connectivity index (χ2n) is 3.79. The average Bonchev–Trinajstić information content (AvgIpc) is 2.32. The van der Waals surface area contributed by atoms with Gasteiger partial charge in [0, 0.05) is 6.20 Å². The highest BCUT2D eigenvalue weighted by Crippen LogP contribution is 2.16. The van der Waals surface area contributed by atoms with Crippen LogP contribution in [0.2, 0.25) is 0 Å². The van der Waals surface area contributed by atoms with Gasteiger partial charge in [-0.3, -0.25) is 4.72 Å². The second kappa shape index (κ2) is 5.05. The highest BCUT2D eigenvalue weighted by atomic mass is 32.2. The SMILES string of the molecule is Nc1cccnc1NS(=O)(=O)Cc1ccccc1. The number of nitrogens with zero attached hydrogens (tertiary/aromatic N) is 1. The highest BCUT2D eigenvalue weighted by Gasteiger charge is 2.13. The van der Waals surface area contributed by atoms with Crippen molar-refractivity contribution in [3.63, 3.8) is 0 Å². The number of pyridine rings is 1. The smallest absolute Gasteiger partial charge is 0.238 e. The van der Waals surface area contributed by atoms with Crippen molar-refractivity contribution in [2.24, 2.45) is 0 Å². The minimum atomic E-state index is -3.50. The summed E-state index contributed by atoms with van der Waals surface area (Å²) in [5, 5.41) is 0. The van der Waals surface area contributed by atoms with Crippen molar-refractivity contribution < 1.29 is 8.42 Å². The molecule has 1 aromatic heterocycles. The van der Waals surface area contributed by atoms with Crippen molar-refractivity contribution >= 4 is 21.5 Å². The van der Waals surface area contributed by atoms with Gasteiger partial charge in [0.2, 0.25) is 10.0 Å². The van der Waals surface area contributed by atoms with Crippen LogP contribution in [0.4, 0.5) is 11.5 Å². The Morgan fingerprint density at radius 2 is 1.83 bits per heavy atom. The molecule has 18 heavy (non-hydrogen) atoms. The van der Waals surface area contributed by atoms with Crippen LogP contribution in [0, 0.1) is 0 Å². The first-order valence-electron chi connectivity index (χ1n) is 5.32. The van der Waals surface area contributed by atoms with Gasteiger partial charge in [-0.05, 0) is 17.7 Å². The van der Waals surface area contributed by atoms with Gasteiger partial charge in [-0.15, -0.1) is 0 Å². The second-order valence-corrected chi connectivity index (χ2v) is 5.51. The third-order valence-corrected chi connectivity index (χ3v) is 3.51. The number of nitrogen functional groups attached to an aromatic ring is 1. The fraction of sp³-hybridized carbons (Fsp3) is 0.0833. The van der Waals surface area contributed by atoms with E-state index in [0.29, 0.717) is 11.3 Å². The zero-order chi connectivity index (χ0) is 13.0. The van der Waals surface area contributed by atoms with E-state index in [1.807, 2.05) is 6.07 Å². The van der Waals surface area contributed by atoms with E-state index in [1.54, 1.807) is 36.4 Å². The lowest BCUT2D eigenvalue weighted by atomic mass is 10.2. The third kappa shape index (κ3) is 3.21. The van der Waals surface area contributed by atoms with Crippen molar-refractivity contribution in [1.82, 2.24) is 4.98 Å². The van der Waals surface area contributed by atoms with Crippen LogP contribution in [0.25, 0.3) is 0 Å². The molecule has 1 aromatic carbocycles. The number of aromatic nitrogens is 1. The molecule has 0 aliphatic heterocycles. The topological polar surface area (TPSA) is 85.1 Å². The van der Waals surface area contributed by atoms with Gasteiger partial charge >= 0.3 is 0 Å². The van der Waals surface area contributed by atoms with Crippen LogP contribution in [0.3, 0.4) is 0 Å². The van der Waals surface area contributed by atoms with Gasteiger partial charge in [-0.2, -0.15) is 0 Å². The Balaban J connectivity index is 2.16. The first-order chi connectivity index (χ1) is 8.57.